The average Bonchev–Trinajstić information content (AvgIpc) is 3.21. The molecule has 1 aromatic carbocycles. The number of thioether (sulfide) groups is 1. The highest BCUT2D eigenvalue weighted by atomic mass is 32.2. The monoisotopic (exact) mass is 399 g/mol. The zero-order chi connectivity index (χ0) is 20.3. The minimum atomic E-state index is -0.101. The normalized spacial score (nSPS) is 11.0. The van der Waals surface area contributed by atoms with Crippen molar-refractivity contribution in [3.05, 3.63) is 46.8 Å². The fourth-order valence-corrected chi connectivity index (χ4v) is 3.70. The van der Waals surface area contributed by atoms with E-state index >= 15 is 0 Å². The Morgan fingerprint density at radius 3 is 2.43 bits per heavy atom. The van der Waals surface area contributed by atoms with Gasteiger partial charge in [0.2, 0.25) is 11.1 Å². The molecule has 0 aliphatic rings. The molecule has 9 heteroatoms. The summed E-state index contributed by atoms with van der Waals surface area (Å²) in [5.41, 5.74) is 4.96. The summed E-state index contributed by atoms with van der Waals surface area (Å²) in [6, 6.07) is 8.04. The second kappa shape index (κ2) is 8.47. The van der Waals surface area contributed by atoms with Gasteiger partial charge in [0, 0.05) is 11.4 Å². The predicted octanol–water partition coefficient (Wildman–Crippen LogP) is 2.65. The Morgan fingerprint density at radius 2 is 1.86 bits per heavy atom. The molecule has 0 aliphatic carbocycles. The Bertz CT molecular complexity index is 970. The zero-order valence-corrected chi connectivity index (χ0v) is 17.4. The van der Waals surface area contributed by atoms with Gasteiger partial charge in [-0.3, -0.25) is 4.79 Å². The van der Waals surface area contributed by atoms with Crippen LogP contribution in [-0.4, -0.2) is 36.3 Å². The van der Waals surface area contributed by atoms with E-state index in [9.17, 15) is 4.79 Å². The van der Waals surface area contributed by atoms with Gasteiger partial charge in [-0.2, -0.15) is 5.10 Å². The molecular weight excluding hydrogens is 374 g/mol. The summed E-state index contributed by atoms with van der Waals surface area (Å²) in [4.78, 5) is 12.5. The summed E-state index contributed by atoms with van der Waals surface area (Å²) >= 11 is 1.24. The molecule has 28 heavy (non-hydrogen) atoms. The first kappa shape index (κ1) is 19.9. The van der Waals surface area contributed by atoms with Crippen LogP contribution in [-0.2, 0) is 17.6 Å². The number of hydrogen-bond donors (Lipinski definition) is 2. The average molecular weight is 400 g/mol. The van der Waals surface area contributed by atoms with Crippen LogP contribution in [0.5, 0.6) is 0 Å². The van der Waals surface area contributed by atoms with Crippen molar-refractivity contribution >= 4 is 23.4 Å². The summed E-state index contributed by atoms with van der Waals surface area (Å²) in [5.74, 6) is 6.62. The van der Waals surface area contributed by atoms with Crippen molar-refractivity contribution in [2.75, 3.05) is 16.9 Å². The SMILES string of the molecule is CCc1cccc(CC)c1NC(=O)CSc1nnc(-n2nc(C)cc2C)n1N. The second-order valence-electron chi connectivity index (χ2n) is 6.49. The summed E-state index contributed by atoms with van der Waals surface area (Å²) < 4.78 is 2.99. The van der Waals surface area contributed by atoms with Gasteiger partial charge in [-0.15, -0.1) is 10.2 Å². The van der Waals surface area contributed by atoms with E-state index in [-0.39, 0.29) is 11.7 Å². The lowest BCUT2D eigenvalue weighted by Gasteiger charge is -2.14. The van der Waals surface area contributed by atoms with E-state index in [1.807, 2.05) is 38.1 Å². The summed E-state index contributed by atoms with van der Waals surface area (Å²) in [6.07, 6.45) is 1.72. The maximum Gasteiger partial charge on any atom is 0.271 e. The first-order valence-corrected chi connectivity index (χ1v) is 10.2. The number of hydrogen-bond acceptors (Lipinski definition) is 6. The van der Waals surface area contributed by atoms with Crippen LogP contribution in [0.4, 0.5) is 5.69 Å². The molecule has 0 aliphatic heterocycles. The van der Waals surface area contributed by atoms with Crippen LogP contribution in [0, 0.1) is 13.8 Å². The Hall–Kier alpha value is -2.81. The maximum atomic E-state index is 12.5. The molecule has 0 saturated heterocycles. The highest BCUT2D eigenvalue weighted by molar-refractivity contribution is 7.99. The third kappa shape index (κ3) is 4.04. The Labute approximate surface area is 168 Å². The standard InChI is InChI=1S/C19H25N7OS/c1-5-14-8-7-9-15(6-2)17(14)21-16(27)11-28-19-23-22-18(25(19)20)26-13(4)10-12(3)24-26/h7-10H,5-6,11,20H2,1-4H3,(H,21,27). The number of para-hydroxylation sites is 1. The number of nitrogens with two attached hydrogens (primary N) is 1. The number of aryl methyl sites for hydroxylation is 4. The van der Waals surface area contributed by atoms with Gasteiger partial charge in [-0.05, 0) is 43.9 Å². The quantitative estimate of drug-likeness (QED) is 0.468. The van der Waals surface area contributed by atoms with Crippen LogP contribution in [0.3, 0.4) is 0 Å². The van der Waals surface area contributed by atoms with Crippen molar-refractivity contribution in [1.29, 1.82) is 0 Å². The van der Waals surface area contributed by atoms with Crippen molar-refractivity contribution in [1.82, 2.24) is 24.7 Å². The van der Waals surface area contributed by atoms with E-state index in [4.69, 9.17) is 5.84 Å². The van der Waals surface area contributed by atoms with Crippen molar-refractivity contribution < 1.29 is 4.79 Å². The molecule has 3 N–H and O–H groups in total. The van der Waals surface area contributed by atoms with Gasteiger partial charge in [-0.1, -0.05) is 43.8 Å². The Morgan fingerprint density at radius 1 is 1.18 bits per heavy atom. The molecule has 0 fully saturated rings. The second-order valence-corrected chi connectivity index (χ2v) is 7.43. The van der Waals surface area contributed by atoms with Gasteiger partial charge in [-0.25, -0.2) is 9.36 Å². The number of nitrogen functional groups attached to an aromatic ring is 1. The van der Waals surface area contributed by atoms with Crippen LogP contribution in [0.25, 0.3) is 5.95 Å². The lowest BCUT2D eigenvalue weighted by atomic mass is 10.0. The molecule has 1 amide bonds. The maximum absolute atomic E-state index is 12.5. The van der Waals surface area contributed by atoms with Crippen molar-refractivity contribution in [2.24, 2.45) is 0 Å². The summed E-state index contributed by atoms with van der Waals surface area (Å²) in [7, 11) is 0. The topological polar surface area (TPSA) is 104 Å². The van der Waals surface area contributed by atoms with Gasteiger partial charge < -0.3 is 11.2 Å². The lowest BCUT2D eigenvalue weighted by molar-refractivity contribution is -0.113. The molecule has 0 radical (unpaired) electrons. The molecule has 3 aromatic rings. The third-order valence-electron chi connectivity index (χ3n) is 4.44. The number of nitrogens with zero attached hydrogens (tertiary/aromatic N) is 5. The number of amides is 1. The van der Waals surface area contributed by atoms with Gasteiger partial charge >= 0.3 is 0 Å². The summed E-state index contributed by atoms with van der Waals surface area (Å²) in [6.45, 7) is 7.98. The Balaban J connectivity index is 1.70. The minimum Gasteiger partial charge on any atom is -0.334 e. The van der Waals surface area contributed by atoms with E-state index in [2.05, 4.69) is 34.5 Å². The molecule has 0 saturated carbocycles. The summed E-state index contributed by atoms with van der Waals surface area (Å²) in [5, 5.41) is 16.1. The number of carbonyl (C=O) groups excluding carboxylic acids is 1. The smallest absolute Gasteiger partial charge is 0.271 e. The number of anilines is 1. The molecule has 8 nitrogen and oxygen atoms in total. The fraction of sp³-hybridized carbons (Fsp3) is 0.368. The van der Waals surface area contributed by atoms with Gasteiger partial charge in [0.05, 0.1) is 11.4 Å². The number of nitrogens with one attached hydrogen (secondary N) is 1. The third-order valence-corrected chi connectivity index (χ3v) is 5.38. The van der Waals surface area contributed by atoms with Gasteiger partial charge in [0.25, 0.3) is 5.95 Å². The van der Waals surface area contributed by atoms with E-state index in [1.54, 1.807) is 4.68 Å². The first-order chi connectivity index (χ1) is 13.4. The number of carbonyl (C=O) groups is 1. The van der Waals surface area contributed by atoms with Crippen LogP contribution in [0.15, 0.2) is 29.4 Å². The highest BCUT2D eigenvalue weighted by Gasteiger charge is 2.17. The Kier molecular flexibility index (Phi) is 6.03. The van der Waals surface area contributed by atoms with E-state index in [0.29, 0.717) is 11.1 Å². The zero-order valence-electron chi connectivity index (χ0n) is 16.6. The van der Waals surface area contributed by atoms with Crippen molar-refractivity contribution in [3.63, 3.8) is 0 Å². The lowest BCUT2D eigenvalue weighted by Crippen LogP contribution is -2.19. The first-order valence-electron chi connectivity index (χ1n) is 9.22. The van der Waals surface area contributed by atoms with E-state index < -0.39 is 0 Å². The van der Waals surface area contributed by atoms with E-state index in [1.165, 1.54) is 16.4 Å². The minimum absolute atomic E-state index is 0.101. The molecule has 0 spiro atoms. The largest absolute Gasteiger partial charge is 0.334 e. The van der Waals surface area contributed by atoms with Gasteiger partial charge in [0.1, 0.15) is 0 Å². The molecule has 0 atom stereocenters. The molecule has 2 heterocycles. The van der Waals surface area contributed by atoms with Crippen LogP contribution in [0.1, 0.15) is 36.4 Å². The number of benzene rings is 1. The molecule has 3 rings (SSSR count). The highest BCUT2D eigenvalue weighted by Crippen LogP contribution is 2.24. The molecule has 0 bridgehead atoms. The number of rotatable bonds is 7. The molecule has 148 valence electrons. The van der Waals surface area contributed by atoms with Crippen molar-refractivity contribution in [3.8, 4) is 5.95 Å². The van der Waals surface area contributed by atoms with Crippen LogP contribution >= 0.6 is 11.8 Å². The van der Waals surface area contributed by atoms with Crippen LogP contribution < -0.4 is 11.2 Å². The molecule has 0 unspecified atom stereocenters. The van der Waals surface area contributed by atoms with Crippen LogP contribution in [0.2, 0.25) is 0 Å². The number of aromatic nitrogens is 5. The van der Waals surface area contributed by atoms with Gasteiger partial charge in [0.15, 0.2) is 0 Å². The molecule has 2 aromatic heterocycles. The molecular formula is C19H25N7OS. The van der Waals surface area contributed by atoms with E-state index in [0.717, 1.165) is 41.0 Å². The predicted molar refractivity (Wildman–Crippen MR) is 111 cm³/mol. The van der Waals surface area contributed by atoms with Crippen molar-refractivity contribution in [2.45, 2.75) is 45.7 Å². The fourth-order valence-electron chi connectivity index (χ4n) is 3.05.